The van der Waals surface area contributed by atoms with Gasteiger partial charge in [-0.25, -0.2) is 4.68 Å². The van der Waals surface area contributed by atoms with E-state index >= 15 is 0 Å². The first-order valence-electron chi connectivity index (χ1n) is 11.0. The van der Waals surface area contributed by atoms with Crippen molar-refractivity contribution in [2.24, 2.45) is 0 Å². The normalized spacial score (nSPS) is 17.1. The summed E-state index contributed by atoms with van der Waals surface area (Å²) in [6, 6.07) is 28.1. The predicted molar refractivity (Wildman–Crippen MR) is 130 cm³/mol. The zero-order valence-electron chi connectivity index (χ0n) is 18.0. The van der Waals surface area contributed by atoms with E-state index in [-0.39, 0.29) is 18.0 Å². The lowest BCUT2D eigenvalue weighted by atomic mass is 9.93. The highest BCUT2D eigenvalue weighted by Crippen LogP contribution is 2.38. The number of rotatable bonds is 6. The topological polar surface area (TPSA) is 71.8 Å². The molecule has 33 heavy (non-hydrogen) atoms. The first kappa shape index (κ1) is 21.2. The molecule has 1 aliphatic heterocycles. The number of halogens is 1. The van der Waals surface area contributed by atoms with Crippen molar-refractivity contribution in [1.29, 1.82) is 0 Å². The maximum atomic E-state index is 12.5. The molecule has 0 radical (unpaired) electrons. The van der Waals surface area contributed by atoms with Crippen LogP contribution in [-0.2, 0) is 11.2 Å². The molecule has 3 aromatic carbocycles. The van der Waals surface area contributed by atoms with Crippen LogP contribution in [0, 0.1) is 0 Å². The maximum Gasteiger partial charge on any atom is 0.250 e. The minimum atomic E-state index is -0.107. The molecule has 166 valence electrons. The summed E-state index contributed by atoms with van der Waals surface area (Å²) in [6.07, 6.45) is 1.83. The fourth-order valence-electron chi connectivity index (χ4n) is 4.19. The van der Waals surface area contributed by atoms with Crippen molar-refractivity contribution in [1.82, 2.24) is 14.8 Å². The predicted octanol–water partition coefficient (Wildman–Crippen LogP) is 5.65. The van der Waals surface area contributed by atoms with E-state index in [4.69, 9.17) is 11.6 Å². The van der Waals surface area contributed by atoms with E-state index in [1.54, 1.807) is 0 Å². The Morgan fingerprint density at radius 3 is 2.39 bits per heavy atom. The van der Waals surface area contributed by atoms with Gasteiger partial charge in [0.1, 0.15) is 0 Å². The first-order valence-corrected chi connectivity index (χ1v) is 11.4. The largest absolute Gasteiger partial charge is 0.347 e. The molecule has 2 heterocycles. The number of benzene rings is 3. The Labute approximate surface area is 197 Å². The lowest BCUT2D eigenvalue weighted by Gasteiger charge is -2.31. The molecular weight excluding hydrogens is 434 g/mol. The van der Waals surface area contributed by atoms with E-state index in [1.165, 1.54) is 5.56 Å². The Bertz CT molecular complexity index is 1220. The van der Waals surface area contributed by atoms with E-state index in [1.807, 2.05) is 77.5 Å². The summed E-state index contributed by atoms with van der Waals surface area (Å²) < 4.78 is 1.86. The summed E-state index contributed by atoms with van der Waals surface area (Å²) in [7, 11) is 0. The third-order valence-corrected chi connectivity index (χ3v) is 6.13. The van der Waals surface area contributed by atoms with Crippen molar-refractivity contribution in [2.45, 2.75) is 31.3 Å². The molecule has 0 fully saturated rings. The van der Waals surface area contributed by atoms with Crippen LogP contribution in [0.25, 0.3) is 0 Å². The third-order valence-electron chi connectivity index (χ3n) is 5.88. The minimum Gasteiger partial charge on any atom is -0.347 e. The monoisotopic (exact) mass is 457 g/mol. The number of anilines is 2. The summed E-state index contributed by atoms with van der Waals surface area (Å²) in [5.74, 6) is 0.834. The third kappa shape index (κ3) is 4.91. The quantitative estimate of drug-likeness (QED) is 0.392. The van der Waals surface area contributed by atoms with Crippen LogP contribution in [0.3, 0.4) is 0 Å². The molecule has 2 N–H and O–H groups in total. The van der Waals surface area contributed by atoms with Crippen LogP contribution < -0.4 is 10.6 Å². The van der Waals surface area contributed by atoms with Crippen LogP contribution >= 0.6 is 11.6 Å². The molecule has 1 aromatic heterocycles. The highest BCUT2D eigenvalue weighted by molar-refractivity contribution is 6.30. The number of nitrogens with one attached hydrogen (secondary N) is 2. The SMILES string of the molecule is O=C(CCc1ccccc1)Nc1nc2n(n1)[C@H](c1ccc(Cl)cc1)C[C@@H](c1ccccc1)N2. The molecule has 0 spiro atoms. The van der Waals surface area contributed by atoms with E-state index in [0.29, 0.717) is 29.8 Å². The molecule has 0 bridgehead atoms. The molecule has 0 unspecified atom stereocenters. The van der Waals surface area contributed by atoms with Gasteiger partial charge in [-0.1, -0.05) is 84.4 Å². The van der Waals surface area contributed by atoms with Crippen molar-refractivity contribution in [2.75, 3.05) is 10.6 Å². The summed E-state index contributed by atoms with van der Waals surface area (Å²) in [4.78, 5) is 17.1. The number of aryl methyl sites for hydroxylation is 1. The molecule has 1 aliphatic rings. The Morgan fingerprint density at radius 2 is 1.67 bits per heavy atom. The molecule has 6 nitrogen and oxygen atoms in total. The Hall–Kier alpha value is -3.64. The molecule has 0 saturated heterocycles. The average Bonchev–Trinajstić information content (AvgIpc) is 3.26. The minimum absolute atomic E-state index is 0.0359. The molecule has 0 saturated carbocycles. The lowest BCUT2D eigenvalue weighted by molar-refractivity contribution is -0.116. The van der Waals surface area contributed by atoms with Crippen LogP contribution in [0.2, 0.25) is 5.02 Å². The van der Waals surface area contributed by atoms with Gasteiger partial charge in [0.05, 0.1) is 12.1 Å². The number of aromatic nitrogens is 3. The van der Waals surface area contributed by atoms with Gasteiger partial charge in [-0.15, -0.1) is 5.10 Å². The van der Waals surface area contributed by atoms with Gasteiger partial charge in [0.15, 0.2) is 0 Å². The second-order valence-electron chi connectivity index (χ2n) is 8.15. The first-order chi connectivity index (χ1) is 16.2. The van der Waals surface area contributed by atoms with Crippen molar-refractivity contribution in [3.63, 3.8) is 0 Å². The van der Waals surface area contributed by atoms with Gasteiger partial charge >= 0.3 is 0 Å². The Kier molecular flexibility index (Phi) is 6.09. The summed E-state index contributed by atoms with van der Waals surface area (Å²) in [5, 5.41) is 11.7. The second kappa shape index (κ2) is 9.46. The van der Waals surface area contributed by atoms with E-state index in [0.717, 1.165) is 17.5 Å². The fraction of sp³-hybridized carbons (Fsp3) is 0.192. The zero-order chi connectivity index (χ0) is 22.6. The summed E-state index contributed by atoms with van der Waals surface area (Å²) in [6.45, 7) is 0. The van der Waals surface area contributed by atoms with Crippen LogP contribution in [0.15, 0.2) is 84.9 Å². The average molecular weight is 458 g/mol. The number of fused-ring (bicyclic) bond motifs is 1. The number of hydrogen-bond acceptors (Lipinski definition) is 4. The van der Waals surface area contributed by atoms with Crippen molar-refractivity contribution >= 4 is 29.4 Å². The highest BCUT2D eigenvalue weighted by Gasteiger charge is 2.31. The summed E-state index contributed by atoms with van der Waals surface area (Å²) >= 11 is 6.12. The van der Waals surface area contributed by atoms with Crippen LogP contribution in [0.4, 0.5) is 11.9 Å². The Balaban J connectivity index is 1.38. The molecular formula is C26H24ClN5O. The van der Waals surface area contributed by atoms with E-state index in [2.05, 4.69) is 32.8 Å². The smallest absolute Gasteiger partial charge is 0.250 e. The fourth-order valence-corrected chi connectivity index (χ4v) is 4.31. The highest BCUT2D eigenvalue weighted by atomic mass is 35.5. The summed E-state index contributed by atoms with van der Waals surface area (Å²) in [5.41, 5.74) is 3.40. The Morgan fingerprint density at radius 1 is 0.970 bits per heavy atom. The van der Waals surface area contributed by atoms with Gasteiger partial charge < -0.3 is 5.32 Å². The molecule has 0 aliphatic carbocycles. The van der Waals surface area contributed by atoms with Gasteiger partial charge in [0.25, 0.3) is 5.95 Å². The zero-order valence-corrected chi connectivity index (χ0v) is 18.7. The van der Waals surface area contributed by atoms with Crippen molar-refractivity contribution in [3.05, 3.63) is 107 Å². The number of carbonyl (C=O) groups is 1. The van der Waals surface area contributed by atoms with Crippen LogP contribution in [0.1, 0.15) is 41.6 Å². The van der Waals surface area contributed by atoms with Crippen LogP contribution in [0.5, 0.6) is 0 Å². The lowest BCUT2D eigenvalue weighted by Crippen LogP contribution is -2.28. The maximum absolute atomic E-state index is 12.5. The van der Waals surface area contributed by atoms with Crippen molar-refractivity contribution in [3.8, 4) is 0 Å². The molecule has 1 amide bonds. The molecule has 4 aromatic rings. The molecule has 5 rings (SSSR count). The number of hydrogen-bond donors (Lipinski definition) is 2. The number of carbonyl (C=O) groups excluding carboxylic acids is 1. The number of amides is 1. The van der Waals surface area contributed by atoms with Gasteiger partial charge in [-0.2, -0.15) is 4.98 Å². The molecule has 2 atom stereocenters. The van der Waals surface area contributed by atoms with Gasteiger partial charge in [-0.3, -0.25) is 10.1 Å². The van der Waals surface area contributed by atoms with Crippen molar-refractivity contribution < 1.29 is 4.79 Å². The van der Waals surface area contributed by atoms with Crippen LogP contribution in [-0.4, -0.2) is 20.7 Å². The van der Waals surface area contributed by atoms with E-state index < -0.39 is 0 Å². The number of nitrogens with zero attached hydrogens (tertiary/aromatic N) is 3. The van der Waals surface area contributed by atoms with Gasteiger partial charge in [0.2, 0.25) is 11.9 Å². The van der Waals surface area contributed by atoms with Gasteiger partial charge in [0, 0.05) is 11.4 Å². The van der Waals surface area contributed by atoms with E-state index in [9.17, 15) is 4.79 Å². The molecule has 7 heteroatoms. The van der Waals surface area contributed by atoms with Gasteiger partial charge in [-0.05, 0) is 41.7 Å². The standard InChI is InChI=1S/C26H24ClN5O/c27-21-14-12-20(13-15-21)23-17-22(19-9-5-2-6-10-19)28-26-30-25(31-32(23)26)29-24(33)16-11-18-7-3-1-4-8-18/h1-10,12-15,22-23H,11,16-17H2,(H2,28,29,30,31,33)/t22-,23-/m0/s1. The second-order valence-corrected chi connectivity index (χ2v) is 8.58.